The molecule has 1 saturated heterocycles. The summed E-state index contributed by atoms with van der Waals surface area (Å²) in [5, 5.41) is 8.67. The van der Waals surface area contributed by atoms with Crippen molar-refractivity contribution in [3.8, 4) is 5.75 Å². The van der Waals surface area contributed by atoms with Crippen molar-refractivity contribution in [1.82, 2.24) is 15.5 Å². The van der Waals surface area contributed by atoms with E-state index < -0.39 is 0 Å². The molecular formula is C33H40N4O3. The summed E-state index contributed by atoms with van der Waals surface area (Å²) in [5.74, 6) is 2.22. The van der Waals surface area contributed by atoms with Crippen molar-refractivity contribution in [2.45, 2.75) is 71.0 Å². The Balaban J connectivity index is 1.07. The maximum atomic E-state index is 12.5. The van der Waals surface area contributed by atoms with Crippen molar-refractivity contribution in [3.63, 3.8) is 0 Å². The molecule has 2 aromatic rings. The fraction of sp³-hybridized carbons (Fsp3) is 0.394. The van der Waals surface area contributed by atoms with Crippen LogP contribution in [0.1, 0.15) is 68.6 Å². The predicted octanol–water partition coefficient (Wildman–Crippen LogP) is 6.70. The van der Waals surface area contributed by atoms with E-state index in [1.54, 1.807) is 6.26 Å². The molecule has 3 aliphatic rings. The number of fused-ring (bicyclic) bond motifs is 1. The zero-order valence-corrected chi connectivity index (χ0v) is 23.4. The number of carbonyl (C=O) groups is 2. The van der Waals surface area contributed by atoms with Crippen LogP contribution < -0.4 is 20.7 Å². The van der Waals surface area contributed by atoms with Crippen molar-refractivity contribution < 1.29 is 14.3 Å². The second kappa shape index (κ2) is 12.5. The van der Waals surface area contributed by atoms with Crippen molar-refractivity contribution in [3.05, 3.63) is 90.3 Å². The Morgan fingerprint density at radius 3 is 2.60 bits per heavy atom. The number of hydrogen-bond donors (Lipinski definition) is 3. The number of hydrogen-bond acceptors (Lipinski definition) is 4. The van der Waals surface area contributed by atoms with Crippen LogP contribution in [0.4, 0.5) is 10.5 Å². The van der Waals surface area contributed by atoms with E-state index in [9.17, 15) is 9.59 Å². The number of benzene rings is 2. The first kappa shape index (κ1) is 27.6. The van der Waals surface area contributed by atoms with Crippen molar-refractivity contribution in [2.24, 2.45) is 11.8 Å². The van der Waals surface area contributed by atoms with Crippen LogP contribution >= 0.6 is 0 Å². The van der Waals surface area contributed by atoms with Crippen LogP contribution in [-0.2, 0) is 17.9 Å². The van der Waals surface area contributed by atoms with Gasteiger partial charge in [-0.2, -0.15) is 0 Å². The summed E-state index contributed by atoms with van der Waals surface area (Å²) < 4.78 is 5.78. The lowest BCUT2D eigenvalue weighted by Crippen LogP contribution is -2.47. The molecule has 0 aromatic heterocycles. The molecule has 7 heteroatoms. The van der Waals surface area contributed by atoms with E-state index in [4.69, 9.17) is 4.74 Å². The molecule has 2 heterocycles. The van der Waals surface area contributed by atoms with E-state index in [1.807, 2.05) is 36.4 Å². The Hall–Kier alpha value is -4.00. The Bertz CT molecular complexity index is 1290. The first-order valence-electron chi connectivity index (χ1n) is 14.4. The fourth-order valence-corrected chi connectivity index (χ4v) is 5.95. The lowest BCUT2D eigenvalue weighted by atomic mass is 9.81. The van der Waals surface area contributed by atoms with Gasteiger partial charge in [0.05, 0.1) is 6.26 Å². The van der Waals surface area contributed by atoms with Gasteiger partial charge in [0.2, 0.25) is 5.91 Å². The molecule has 2 fully saturated rings. The monoisotopic (exact) mass is 540 g/mol. The molecule has 0 bridgehead atoms. The third kappa shape index (κ3) is 6.58. The second-order valence-electron chi connectivity index (χ2n) is 11.2. The van der Waals surface area contributed by atoms with Crippen LogP contribution in [-0.4, -0.2) is 22.9 Å². The zero-order valence-electron chi connectivity index (χ0n) is 23.4. The summed E-state index contributed by atoms with van der Waals surface area (Å²) in [6.45, 7) is 11.4. The van der Waals surface area contributed by atoms with Crippen LogP contribution in [0.2, 0.25) is 0 Å². The van der Waals surface area contributed by atoms with E-state index in [-0.39, 0.29) is 18.0 Å². The largest absolute Gasteiger partial charge is 0.465 e. The minimum absolute atomic E-state index is 0.0237. The number of nitrogens with zero attached hydrogens (tertiary/aromatic N) is 1. The zero-order chi connectivity index (χ0) is 28.1. The molecule has 3 amide bonds. The van der Waals surface area contributed by atoms with Gasteiger partial charge in [0, 0.05) is 35.7 Å². The highest BCUT2D eigenvalue weighted by molar-refractivity contribution is 5.89. The molecule has 1 atom stereocenters. The SMILES string of the molecule is C=C1CCC(N2Cc3cc(CNC(=O)Nc4ccc(O/C=C/C5CCC(CC)CC5)cc4)ccc3C2=C)C(=O)N1. The third-order valence-electron chi connectivity index (χ3n) is 8.46. The lowest BCUT2D eigenvalue weighted by molar-refractivity contribution is -0.125. The van der Waals surface area contributed by atoms with Crippen molar-refractivity contribution in [2.75, 3.05) is 5.32 Å². The molecule has 2 aromatic carbocycles. The van der Waals surface area contributed by atoms with Gasteiger partial charge in [-0.25, -0.2) is 4.79 Å². The first-order valence-corrected chi connectivity index (χ1v) is 14.4. The van der Waals surface area contributed by atoms with Gasteiger partial charge in [-0.15, -0.1) is 0 Å². The van der Waals surface area contributed by atoms with E-state index in [2.05, 4.69) is 53.1 Å². The summed E-state index contributed by atoms with van der Waals surface area (Å²) in [7, 11) is 0. The molecule has 2 aliphatic heterocycles. The average molecular weight is 541 g/mol. The average Bonchev–Trinajstić information content (AvgIpc) is 3.28. The summed E-state index contributed by atoms with van der Waals surface area (Å²) in [4.78, 5) is 27.1. The Labute approximate surface area is 237 Å². The molecule has 40 heavy (non-hydrogen) atoms. The Morgan fingerprint density at radius 1 is 1.10 bits per heavy atom. The maximum absolute atomic E-state index is 12.5. The minimum Gasteiger partial charge on any atom is -0.465 e. The molecule has 1 unspecified atom stereocenters. The van der Waals surface area contributed by atoms with Gasteiger partial charge in [0.1, 0.15) is 11.8 Å². The molecule has 0 spiro atoms. The van der Waals surface area contributed by atoms with Gasteiger partial charge in [0.25, 0.3) is 0 Å². The second-order valence-corrected chi connectivity index (χ2v) is 11.2. The standard InChI is InChI=1S/C33H40N4O3/c1-4-24-6-8-25(9-7-24)17-18-40-29-13-11-28(12-14-29)36-33(39)34-20-26-10-15-30-23(3)37(21-27(30)19-26)31-16-5-22(2)35-32(31)38/h10-15,17-19,24-25,31H,2-9,16,20-21H2,1H3,(H,35,38)(H2,34,36,39)/b18-17+. The first-order chi connectivity index (χ1) is 19.4. The quantitative estimate of drug-likeness (QED) is 0.326. The number of piperidine rings is 1. The van der Waals surface area contributed by atoms with Gasteiger partial charge in [-0.1, -0.05) is 44.7 Å². The molecule has 210 valence electrons. The summed E-state index contributed by atoms with van der Waals surface area (Å²) in [5.41, 5.74) is 5.48. The number of ether oxygens (including phenoxy) is 1. The lowest BCUT2D eigenvalue weighted by Gasteiger charge is -2.33. The van der Waals surface area contributed by atoms with Crippen molar-refractivity contribution >= 4 is 23.3 Å². The van der Waals surface area contributed by atoms with E-state index in [0.29, 0.717) is 24.7 Å². The van der Waals surface area contributed by atoms with Crippen LogP contribution in [0.5, 0.6) is 5.75 Å². The number of rotatable bonds is 8. The molecular weight excluding hydrogens is 500 g/mol. The van der Waals surface area contributed by atoms with Crippen LogP contribution in [0, 0.1) is 11.8 Å². The summed E-state index contributed by atoms with van der Waals surface area (Å²) in [6, 6.07) is 13.0. The number of urea groups is 1. The predicted molar refractivity (Wildman–Crippen MR) is 159 cm³/mol. The Morgan fingerprint density at radius 2 is 1.88 bits per heavy atom. The third-order valence-corrected chi connectivity index (χ3v) is 8.46. The van der Waals surface area contributed by atoms with E-state index in [0.717, 1.165) is 52.6 Å². The molecule has 0 radical (unpaired) electrons. The highest BCUT2D eigenvalue weighted by Gasteiger charge is 2.35. The topological polar surface area (TPSA) is 82.7 Å². The van der Waals surface area contributed by atoms with Gasteiger partial charge < -0.3 is 25.6 Å². The highest BCUT2D eigenvalue weighted by Crippen LogP contribution is 2.36. The number of anilines is 1. The number of amides is 3. The molecule has 1 aliphatic carbocycles. The van der Waals surface area contributed by atoms with E-state index in [1.165, 1.54) is 32.1 Å². The minimum atomic E-state index is -0.276. The highest BCUT2D eigenvalue weighted by atomic mass is 16.5. The van der Waals surface area contributed by atoms with Crippen LogP contribution in [0.25, 0.3) is 5.70 Å². The van der Waals surface area contributed by atoms with Gasteiger partial charge in [0.15, 0.2) is 0 Å². The van der Waals surface area contributed by atoms with Gasteiger partial charge in [-0.3, -0.25) is 4.79 Å². The number of carbonyl (C=O) groups excluding carboxylic acids is 2. The summed E-state index contributed by atoms with van der Waals surface area (Å²) in [6.07, 6.45) is 11.9. The fourth-order valence-electron chi connectivity index (χ4n) is 5.95. The normalized spacial score (nSPS) is 22.7. The van der Waals surface area contributed by atoms with Crippen LogP contribution in [0.15, 0.2) is 73.7 Å². The molecule has 3 N–H and O–H groups in total. The molecule has 1 saturated carbocycles. The number of nitrogens with one attached hydrogen (secondary N) is 3. The van der Waals surface area contributed by atoms with Gasteiger partial charge in [-0.05, 0) is 91.8 Å². The van der Waals surface area contributed by atoms with Crippen LogP contribution in [0.3, 0.4) is 0 Å². The van der Waals surface area contributed by atoms with E-state index >= 15 is 0 Å². The number of allylic oxidation sites excluding steroid dienone is 2. The molecule has 7 nitrogen and oxygen atoms in total. The smallest absolute Gasteiger partial charge is 0.319 e. The molecule has 5 rings (SSSR count). The van der Waals surface area contributed by atoms with Crippen molar-refractivity contribution in [1.29, 1.82) is 0 Å². The maximum Gasteiger partial charge on any atom is 0.319 e. The summed E-state index contributed by atoms with van der Waals surface area (Å²) >= 11 is 0. The van der Waals surface area contributed by atoms with Gasteiger partial charge >= 0.3 is 6.03 Å². The Kier molecular flexibility index (Phi) is 8.58.